The number of hydrogen-bond donors (Lipinski definition) is 1. The topological polar surface area (TPSA) is 58.6 Å². The third kappa shape index (κ3) is 4.57. The van der Waals surface area contributed by atoms with Crippen molar-refractivity contribution < 1.29 is 14.3 Å². The number of carbonyl (C=O) groups excluding carboxylic acids is 2. The third-order valence-electron chi connectivity index (χ3n) is 5.54. The van der Waals surface area contributed by atoms with E-state index in [0.29, 0.717) is 23.7 Å². The van der Waals surface area contributed by atoms with Crippen molar-refractivity contribution in [3.63, 3.8) is 0 Å². The van der Waals surface area contributed by atoms with E-state index in [1.54, 1.807) is 18.1 Å². The van der Waals surface area contributed by atoms with Crippen LogP contribution < -0.4 is 10.1 Å². The molecule has 0 unspecified atom stereocenters. The van der Waals surface area contributed by atoms with Gasteiger partial charge in [-0.25, -0.2) is 0 Å². The van der Waals surface area contributed by atoms with E-state index in [4.69, 9.17) is 16.3 Å². The number of nitrogens with one attached hydrogen (secondary N) is 1. The van der Waals surface area contributed by atoms with Crippen molar-refractivity contribution in [3.05, 3.63) is 100 Å². The molecule has 158 valence electrons. The highest BCUT2D eigenvalue weighted by molar-refractivity contribution is 6.31. The Bertz CT molecular complexity index is 1100. The molecule has 0 aromatic heterocycles. The molecule has 1 atom stereocenters. The second-order valence-corrected chi connectivity index (χ2v) is 7.86. The Morgan fingerprint density at radius 2 is 1.77 bits per heavy atom. The average Bonchev–Trinajstić information content (AvgIpc) is 3.13. The minimum absolute atomic E-state index is 0.0599. The van der Waals surface area contributed by atoms with Gasteiger partial charge in [-0.3, -0.25) is 9.59 Å². The Morgan fingerprint density at radius 3 is 2.48 bits per heavy atom. The van der Waals surface area contributed by atoms with E-state index < -0.39 is 6.04 Å². The minimum Gasteiger partial charge on any atom is -0.497 e. The summed E-state index contributed by atoms with van der Waals surface area (Å²) in [5.41, 5.74) is 3.40. The van der Waals surface area contributed by atoms with Crippen molar-refractivity contribution in [3.8, 4) is 5.75 Å². The highest BCUT2D eigenvalue weighted by Gasteiger charge is 2.34. The van der Waals surface area contributed by atoms with Gasteiger partial charge in [-0.2, -0.15) is 0 Å². The first-order valence-electron chi connectivity index (χ1n) is 10.1. The van der Waals surface area contributed by atoms with Gasteiger partial charge in [-0.1, -0.05) is 60.1 Å². The summed E-state index contributed by atoms with van der Waals surface area (Å²) in [6.07, 6.45) is 0.149. The van der Waals surface area contributed by atoms with E-state index in [0.717, 1.165) is 22.4 Å². The van der Waals surface area contributed by atoms with Crippen molar-refractivity contribution in [2.24, 2.45) is 0 Å². The molecule has 0 spiro atoms. The number of ether oxygens (including phenoxy) is 1. The predicted molar refractivity (Wildman–Crippen MR) is 120 cm³/mol. The Kier molecular flexibility index (Phi) is 6.23. The zero-order valence-corrected chi connectivity index (χ0v) is 17.9. The fourth-order valence-electron chi connectivity index (χ4n) is 3.85. The summed E-state index contributed by atoms with van der Waals surface area (Å²) < 4.78 is 5.25. The van der Waals surface area contributed by atoms with Crippen molar-refractivity contribution in [1.82, 2.24) is 10.2 Å². The van der Waals surface area contributed by atoms with Crippen LogP contribution in [0.3, 0.4) is 0 Å². The van der Waals surface area contributed by atoms with Gasteiger partial charge in [0.1, 0.15) is 5.75 Å². The maximum absolute atomic E-state index is 13.1. The van der Waals surface area contributed by atoms with Crippen LogP contribution in [0, 0.1) is 0 Å². The standard InChI is InChI=1S/C25H23ClN2O3/c1-31-20-12-10-17(11-13-20)23(28-16-19-7-2-4-8-21(19)25(28)30)14-24(29)27-15-18-6-3-5-9-22(18)26/h2-13,23H,14-16H2,1H3,(H,27,29)/t23-/m0/s1. The molecule has 31 heavy (non-hydrogen) atoms. The van der Waals surface area contributed by atoms with Crippen LogP contribution in [0.2, 0.25) is 5.02 Å². The molecule has 0 fully saturated rings. The second kappa shape index (κ2) is 9.23. The Hall–Kier alpha value is -3.31. The fraction of sp³-hybridized carbons (Fsp3) is 0.200. The smallest absolute Gasteiger partial charge is 0.255 e. The number of halogens is 1. The quantitative estimate of drug-likeness (QED) is 0.583. The molecule has 3 aromatic rings. The summed E-state index contributed by atoms with van der Waals surface area (Å²) in [6.45, 7) is 0.811. The first-order chi connectivity index (χ1) is 15.1. The first kappa shape index (κ1) is 20.9. The van der Waals surface area contributed by atoms with Gasteiger partial charge in [0.2, 0.25) is 5.91 Å². The molecule has 1 aliphatic rings. The molecule has 0 bridgehead atoms. The molecule has 0 radical (unpaired) electrons. The number of methoxy groups -OCH3 is 1. The number of rotatable bonds is 7. The maximum atomic E-state index is 13.1. The molecule has 3 aromatic carbocycles. The van der Waals surface area contributed by atoms with Gasteiger partial charge in [-0.15, -0.1) is 0 Å². The number of benzene rings is 3. The summed E-state index contributed by atoms with van der Waals surface area (Å²) in [4.78, 5) is 27.7. The Balaban J connectivity index is 1.55. The van der Waals surface area contributed by atoms with Crippen LogP contribution in [0.15, 0.2) is 72.8 Å². The van der Waals surface area contributed by atoms with E-state index in [1.807, 2.05) is 66.7 Å². The van der Waals surface area contributed by atoms with Gasteiger partial charge in [0.05, 0.1) is 19.6 Å². The summed E-state index contributed by atoms with van der Waals surface area (Å²) in [7, 11) is 1.61. The Labute approximate surface area is 186 Å². The van der Waals surface area contributed by atoms with Crippen LogP contribution in [0.1, 0.15) is 39.5 Å². The van der Waals surface area contributed by atoms with Gasteiger partial charge < -0.3 is 15.0 Å². The lowest BCUT2D eigenvalue weighted by Gasteiger charge is -2.28. The number of nitrogens with zero attached hydrogens (tertiary/aromatic N) is 1. The normalized spacial score (nSPS) is 13.6. The Morgan fingerprint density at radius 1 is 1.06 bits per heavy atom. The summed E-state index contributed by atoms with van der Waals surface area (Å²) in [6, 6.07) is 22.1. The predicted octanol–water partition coefficient (Wildman–Crippen LogP) is 4.75. The van der Waals surface area contributed by atoms with Crippen molar-refractivity contribution >= 4 is 23.4 Å². The molecule has 2 amide bonds. The number of fused-ring (bicyclic) bond motifs is 1. The summed E-state index contributed by atoms with van der Waals surface area (Å²) in [5.74, 6) is 0.515. The zero-order valence-electron chi connectivity index (χ0n) is 17.2. The highest BCUT2D eigenvalue weighted by atomic mass is 35.5. The molecule has 0 saturated carbocycles. The van der Waals surface area contributed by atoms with Gasteiger partial charge >= 0.3 is 0 Å². The first-order valence-corrected chi connectivity index (χ1v) is 10.5. The second-order valence-electron chi connectivity index (χ2n) is 7.45. The van der Waals surface area contributed by atoms with Crippen LogP contribution >= 0.6 is 11.6 Å². The average molecular weight is 435 g/mol. The van der Waals surface area contributed by atoms with Gasteiger partial charge in [0.25, 0.3) is 5.91 Å². The monoisotopic (exact) mass is 434 g/mol. The summed E-state index contributed by atoms with van der Waals surface area (Å²) in [5, 5.41) is 3.55. The lowest BCUT2D eigenvalue weighted by molar-refractivity contribution is -0.122. The van der Waals surface area contributed by atoms with Crippen molar-refractivity contribution in [2.45, 2.75) is 25.6 Å². The van der Waals surface area contributed by atoms with Crippen LogP contribution in [0.5, 0.6) is 5.75 Å². The number of hydrogen-bond acceptors (Lipinski definition) is 3. The third-order valence-corrected chi connectivity index (χ3v) is 5.91. The van der Waals surface area contributed by atoms with Crippen molar-refractivity contribution in [2.75, 3.05) is 7.11 Å². The van der Waals surface area contributed by atoms with E-state index in [9.17, 15) is 9.59 Å². The van der Waals surface area contributed by atoms with Crippen LogP contribution in [0.25, 0.3) is 0 Å². The molecule has 5 nitrogen and oxygen atoms in total. The molecule has 0 saturated heterocycles. The van der Waals surface area contributed by atoms with E-state index in [2.05, 4.69) is 5.32 Å². The molecule has 1 heterocycles. The molecule has 1 aliphatic heterocycles. The van der Waals surface area contributed by atoms with Crippen LogP contribution in [0.4, 0.5) is 0 Å². The molecule has 4 rings (SSSR count). The minimum atomic E-state index is -0.392. The van der Waals surface area contributed by atoms with E-state index in [1.165, 1.54) is 0 Å². The maximum Gasteiger partial charge on any atom is 0.255 e. The number of carbonyl (C=O) groups is 2. The van der Waals surface area contributed by atoms with Crippen LogP contribution in [-0.2, 0) is 17.9 Å². The fourth-order valence-corrected chi connectivity index (χ4v) is 4.05. The molecule has 6 heteroatoms. The largest absolute Gasteiger partial charge is 0.497 e. The highest BCUT2D eigenvalue weighted by Crippen LogP contribution is 2.34. The molecular weight excluding hydrogens is 412 g/mol. The number of amides is 2. The van der Waals surface area contributed by atoms with Gasteiger partial charge in [-0.05, 0) is 41.0 Å². The van der Waals surface area contributed by atoms with Crippen LogP contribution in [-0.4, -0.2) is 23.8 Å². The molecule has 1 N–H and O–H groups in total. The molecular formula is C25H23ClN2O3. The van der Waals surface area contributed by atoms with Gasteiger partial charge in [0.15, 0.2) is 0 Å². The van der Waals surface area contributed by atoms with Gasteiger partial charge in [0, 0.05) is 23.7 Å². The lowest BCUT2D eigenvalue weighted by atomic mass is 10.0. The molecule has 0 aliphatic carbocycles. The lowest BCUT2D eigenvalue weighted by Crippen LogP contribution is -2.34. The SMILES string of the molecule is COc1ccc([C@H](CC(=O)NCc2ccccc2Cl)N2Cc3ccccc3C2=O)cc1. The van der Waals surface area contributed by atoms with E-state index in [-0.39, 0.29) is 18.2 Å². The van der Waals surface area contributed by atoms with Crippen molar-refractivity contribution in [1.29, 1.82) is 0 Å². The summed E-state index contributed by atoms with van der Waals surface area (Å²) >= 11 is 6.20. The zero-order chi connectivity index (χ0) is 21.8. The van der Waals surface area contributed by atoms with E-state index >= 15 is 0 Å².